The van der Waals surface area contributed by atoms with Crippen LogP contribution in [0.25, 0.3) is 0 Å². The van der Waals surface area contributed by atoms with Gasteiger partial charge in [-0.2, -0.15) is 0 Å². The highest BCUT2D eigenvalue weighted by Gasteiger charge is 2.08. The van der Waals surface area contributed by atoms with Crippen LogP contribution in [0.15, 0.2) is 99.5 Å². The van der Waals surface area contributed by atoms with Crippen molar-refractivity contribution in [2.75, 3.05) is 0 Å². The van der Waals surface area contributed by atoms with Gasteiger partial charge in [0.15, 0.2) is 0 Å². The van der Waals surface area contributed by atoms with Crippen molar-refractivity contribution < 1.29 is 4.84 Å². The summed E-state index contributed by atoms with van der Waals surface area (Å²) in [5.41, 5.74) is 8.25. The van der Waals surface area contributed by atoms with Crippen LogP contribution in [0.2, 0.25) is 0 Å². The van der Waals surface area contributed by atoms with Crippen molar-refractivity contribution in [2.45, 2.75) is 0 Å². The van der Waals surface area contributed by atoms with Crippen LogP contribution in [0.4, 0.5) is 0 Å². The van der Waals surface area contributed by atoms with E-state index in [9.17, 15) is 0 Å². The Hall–Kier alpha value is -3.25. The van der Waals surface area contributed by atoms with Crippen molar-refractivity contribution >= 4 is 33.5 Å². The van der Waals surface area contributed by atoms with Gasteiger partial charge in [0, 0.05) is 21.2 Å². The largest absolute Gasteiger partial charge is 0.383 e. The predicted octanol–water partition coefficient (Wildman–Crippen LogP) is 4.56. The number of halogens is 1. The summed E-state index contributed by atoms with van der Waals surface area (Å²) >= 11 is 3.41. The molecule has 3 aromatic rings. The third-order valence-electron chi connectivity index (χ3n) is 3.66. The van der Waals surface area contributed by atoms with Crippen molar-refractivity contribution in [1.29, 1.82) is 5.41 Å². The van der Waals surface area contributed by atoms with E-state index in [1.807, 2.05) is 72.8 Å². The van der Waals surface area contributed by atoms with Gasteiger partial charge in [0.2, 0.25) is 11.7 Å². The molecule has 3 rings (SSSR count). The van der Waals surface area contributed by atoms with Crippen LogP contribution in [0, 0.1) is 5.41 Å². The van der Waals surface area contributed by atoms with E-state index in [2.05, 4.69) is 26.1 Å². The smallest absolute Gasteiger partial charge is 0.248 e. The van der Waals surface area contributed by atoms with E-state index in [1.54, 1.807) is 12.1 Å². The van der Waals surface area contributed by atoms with Gasteiger partial charge in [-0.15, -0.1) is 0 Å². The molecular formula is C21H17BrN4O. The van der Waals surface area contributed by atoms with Crippen molar-refractivity contribution in [3.63, 3.8) is 0 Å². The molecule has 0 unspecified atom stereocenters. The van der Waals surface area contributed by atoms with Gasteiger partial charge in [-0.3, -0.25) is 5.41 Å². The van der Waals surface area contributed by atoms with Crippen LogP contribution in [0.3, 0.4) is 0 Å². The molecule has 0 bridgehead atoms. The number of nitrogens with two attached hydrogens (primary N) is 1. The van der Waals surface area contributed by atoms with Gasteiger partial charge in [-0.25, -0.2) is 4.99 Å². The van der Waals surface area contributed by atoms with Crippen LogP contribution in [-0.4, -0.2) is 17.6 Å². The number of hydrogen-bond donors (Lipinski definition) is 2. The van der Waals surface area contributed by atoms with Crippen LogP contribution in [-0.2, 0) is 4.84 Å². The van der Waals surface area contributed by atoms with Crippen molar-refractivity contribution in [1.82, 2.24) is 0 Å². The van der Waals surface area contributed by atoms with E-state index in [1.165, 1.54) is 0 Å². The number of nitrogens with one attached hydrogen (secondary N) is 1. The maximum Gasteiger partial charge on any atom is 0.248 e. The number of oxime groups is 1. The lowest BCUT2D eigenvalue weighted by Gasteiger charge is -2.06. The van der Waals surface area contributed by atoms with E-state index in [0.29, 0.717) is 11.4 Å². The Morgan fingerprint density at radius 1 is 0.778 bits per heavy atom. The number of aliphatic imine (C=N–C) groups is 1. The van der Waals surface area contributed by atoms with Gasteiger partial charge in [0.25, 0.3) is 0 Å². The molecule has 3 aromatic carbocycles. The summed E-state index contributed by atoms with van der Waals surface area (Å²) in [6.45, 7) is 0. The Kier molecular flexibility index (Phi) is 6.12. The quantitative estimate of drug-likeness (QED) is 0.368. The summed E-state index contributed by atoms with van der Waals surface area (Å²) in [7, 11) is 0. The molecule has 0 amide bonds. The molecule has 0 atom stereocenters. The van der Waals surface area contributed by atoms with E-state index < -0.39 is 0 Å². The minimum Gasteiger partial charge on any atom is -0.383 e. The zero-order chi connectivity index (χ0) is 19.1. The Bertz CT molecular complexity index is 968. The molecule has 27 heavy (non-hydrogen) atoms. The molecule has 3 N–H and O–H groups in total. The van der Waals surface area contributed by atoms with Gasteiger partial charge < -0.3 is 10.6 Å². The van der Waals surface area contributed by atoms with E-state index >= 15 is 0 Å². The van der Waals surface area contributed by atoms with Crippen LogP contribution >= 0.6 is 15.9 Å². The molecule has 6 heteroatoms. The fourth-order valence-corrected chi connectivity index (χ4v) is 2.52. The zero-order valence-electron chi connectivity index (χ0n) is 14.3. The van der Waals surface area contributed by atoms with Gasteiger partial charge in [0.05, 0.1) is 0 Å². The molecule has 0 saturated carbocycles. The lowest BCUT2D eigenvalue weighted by molar-refractivity contribution is 0.326. The second-order valence-corrected chi connectivity index (χ2v) is 6.49. The molecule has 134 valence electrons. The average molecular weight is 421 g/mol. The summed E-state index contributed by atoms with van der Waals surface area (Å²) in [6.07, 6.45) is 0. The second kappa shape index (κ2) is 8.91. The Morgan fingerprint density at radius 2 is 1.33 bits per heavy atom. The molecular weight excluding hydrogens is 404 g/mol. The molecule has 0 spiro atoms. The minimum atomic E-state index is -0.0707. The number of benzene rings is 3. The van der Waals surface area contributed by atoms with Crippen LogP contribution in [0.5, 0.6) is 0 Å². The summed E-state index contributed by atoms with van der Waals surface area (Å²) in [4.78, 5) is 9.73. The van der Waals surface area contributed by atoms with E-state index in [4.69, 9.17) is 16.0 Å². The SMILES string of the molecule is N=C(O/N=C(/N=C(N)c1ccccc1)c1ccc(Br)cc1)c1ccccc1. The van der Waals surface area contributed by atoms with Gasteiger partial charge in [0.1, 0.15) is 5.84 Å². The Morgan fingerprint density at radius 3 is 1.93 bits per heavy atom. The molecule has 5 nitrogen and oxygen atoms in total. The van der Waals surface area contributed by atoms with Gasteiger partial charge in [-0.1, -0.05) is 69.6 Å². The molecule has 0 aliphatic heterocycles. The fourth-order valence-electron chi connectivity index (χ4n) is 2.26. The van der Waals surface area contributed by atoms with E-state index in [0.717, 1.165) is 15.6 Å². The normalized spacial score (nSPS) is 11.9. The molecule has 0 aliphatic rings. The van der Waals surface area contributed by atoms with Gasteiger partial charge >= 0.3 is 0 Å². The second-order valence-electron chi connectivity index (χ2n) is 5.57. The predicted molar refractivity (Wildman–Crippen MR) is 112 cm³/mol. The van der Waals surface area contributed by atoms with Crippen molar-refractivity contribution in [2.24, 2.45) is 15.9 Å². The Balaban J connectivity index is 1.92. The highest BCUT2D eigenvalue weighted by molar-refractivity contribution is 9.10. The number of rotatable bonds is 4. The summed E-state index contributed by atoms with van der Waals surface area (Å²) in [5.74, 6) is 0.523. The number of hydrogen-bond acceptors (Lipinski definition) is 3. The molecule has 0 heterocycles. The van der Waals surface area contributed by atoms with Crippen LogP contribution < -0.4 is 5.73 Å². The topological polar surface area (TPSA) is 83.8 Å². The minimum absolute atomic E-state index is 0.0707. The molecule has 0 aliphatic carbocycles. The first kappa shape index (κ1) is 18.5. The fraction of sp³-hybridized carbons (Fsp3) is 0. The standard InChI is InChI=1S/C21H17BrN4O/c22-18-13-11-17(12-14-18)21(25-19(23)15-7-3-1-4-8-15)26-27-20(24)16-9-5-2-6-10-16/h1-14,24H,(H2,23,25,26). The Labute approximate surface area is 165 Å². The molecule has 0 radical (unpaired) electrons. The zero-order valence-corrected chi connectivity index (χ0v) is 15.9. The van der Waals surface area contributed by atoms with E-state index in [-0.39, 0.29) is 11.7 Å². The average Bonchev–Trinajstić information content (AvgIpc) is 2.72. The maximum absolute atomic E-state index is 8.05. The highest BCUT2D eigenvalue weighted by Crippen LogP contribution is 2.13. The molecule has 0 saturated heterocycles. The first-order valence-electron chi connectivity index (χ1n) is 8.18. The van der Waals surface area contributed by atoms with Crippen LogP contribution in [0.1, 0.15) is 16.7 Å². The number of nitrogens with zero attached hydrogens (tertiary/aromatic N) is 2. The molecule has 0 aromatic heterocycles. The lowest BCUT2D eigenvalue weighted by atomic mass is 10.2. The van der Waals surface area contributed by atoms with Crippen molar-refractivity contribution in [3.05, 3.63) is 106 Å². The highest BCUT2D eigenvalue weighted by atomic mass is 79.9. The monoisotopic (exact) mass is 420 g/mol. The summed E-state index contributed by atoms with van der Waals surface area (Å²) in [5, 5.41) is 12.1. The lowest BCUT2D eigenvalue weighted by Crippen LogP contribution is -2.16. The summed E-state index contributed by atoms with van der Waals surface area (Å²) in [6, 6.07) is 25.9. The number of amidine groups is 2. The third-order valence-corrected chi connectivity index (χ3v) is 4.19. The summed E-state index contributed by atoms with van der Waals surface area (Å²) < 4.78 is 0.934. The molecule has 0 fully saturated rings. The third kappa shape index (κ3) is 5.12. The first-order chi connectivity index (χ1) is 13.1. The van der Waals surface area contributed by atoms with Gasteiger partial charge in [-0.05, 0) is 36.4 Å². The van der Waals surface area contributed by atoms with Crippen molar-refractivity contribution in [3.8, 4) is 0 Å². The first-order valence-corrected chi connectivity index (χ1v) is 8.97. The maximum atomic E-state index is 8.05.